The highest BCUT2D eigenvalue weighted by atomic mass is 35.5. The molecule has 3 aliphatic carbocycles. The fourth-order valence-electron chi connectivity index (χ4n) is 4.47. The molecule has 2 N–H and O–H groups in total. The SMILES string of the molecule is CC(C(=O)Nc1ccc(F)cc1)C12CC(NC(=O)c3ccc(Cl)c(Cl)c3)(C1)C2. The highest BCUT2D eigenvalue weighted by Gasteiger charge is 2.71. The van der Waals surface area contributed by atoms with Gasteiger partial charge in [0.2, 0.25) is 5.91 Å². The highest BCUT2D eigenvalue weighted by Crippen LogP contribution is 2.70. The quantitative estimate of drug-likeness (QED) is 0.709. The van der Waals surface area contributed by atoms with E-state index < -0.39 is 0 Å². The first kappa shape index (κ1) is 19.2. The van der Waals surface area contributed by atoms with Crippen LogP contribution < -0.4 is 10.6 Å². The third kappa shape index (κ3) is 3.27. The van der Waals surface area contributed by atoms with Gasteiger partial charge in [0.1, 0.15) is 5.82 Å². The molecule has 0 aromatic heterocycles. The Kier molecular flexibility index (Phi) is 4.63. The van der Waals surface area contributed by atoms with Crippen LogP contribution >= 0.6 is 23.2 Å². The van der Waals surface area contributed by atoms with Crippen LogP contribution in [0.1, 0.15) is 36.5 Å². The van der Waals surface area contributed by atoms with Gasteiger partial charge in [0.25, 0.3) is 5.91 Å². The lowest BCUT2D eigenvalue weighted by Crippen LogP contribution is -2.77. The Morgan fingerprint density at radius 2 is 1.68 bits per heavy atom. The summed E-state index contributed by atoms with van der Waals surface area (Å²) in [5, 5.41) is 6.67. The van der Waals surface area contributed by atoms with Gasteiger partial charge in [-0.05, 0) is 67.1 Å². The number of anilines is 1. The summed E-state index contributed by atoms with van der Waals surface area (Å²) in [7, 11) is 0. The van der Waals surface area contributed by atoms with Crippen molar-refractivity contribution in [2.75, 3.05) is 5.32 Å². The van der Waals surface area contributed by atoms with E-state index in [0.717, 1.165) is 19.3 Å². The molecule has 0 radical (unpaired) electrons. The fourth-order valence-corrected chi connectivity index (χ4v) is 4.77. The van der Waals surface area contributed by atoms with Crippen molar-refractivity contribution in [3.63, 3.8) is 0 Å². The number of hydrogen-bond acceptors (Lipinski definition) is 2. The lowest BCUT2D eigenvalue weighted by Gasteiger charge is -2.72. The van der Waals surface area contributed by atoms with Crippen LogP contribution in [0.3, 0.4) is 0 Å². The Balaban J connectivity index is 1.34. The molecule has 4 nitrogen and oxygen atoms in total. The summed E-state index contributed by atoms with van der Waals surface area (Å²) in [4.78, 5) is 25.1. The number of nitrogens with one attached hydrogen (secondary N) is 2. The van der Waals surface area contributed by atoms with Crippen molar-refractivity contribution in [2.24, 2.45) is 11.3 Å². The molecule has 146 valence electrons. The molecule has 0 aliphatic heterocycles. The van der Waals surface area contributed by atoms with Crippen LogP contribution in [0.25, 0.3) is 0 Å². The normalized spacial score (nSPS) is 25.9. The molecular formula is C21H19Cl2FN2O2. The van der Waals surface area contributed by atoms with E-state index in [1.54, 1.807) is 30.3 Å². The van der Waals surface area contributed by atoms with Crippen molar-refractivity contribution in [3.8, 4) is 0 Å². The summed E-state index contributed by atoms with van der Waals surface area (Å²) in [6.45, 7) is 1.91. The molecule has 2 bridgehead atoms. The van der Waals surface area contributed by atoms with E-state index in [2.05, 4.69) is 10.6 Å². The summed E-state index contributed by atoms with van der Waals surface area (Å²) < 4.78 is 13.0. The number of rotatable bonds is 5. The van der Waals surface area contributed by atoms with Gasteiger partial charge in [-0.3, -0.25) is 9.59 Å². The number of carbonyl (C=O) groups excluding carboxylic acids is 2. The third-order valence-corrected chi connectivity index (χ3v) is 6.79. The Bertz CT molecular complexity index is 942. The van der Waals surface area contributed by atoms with Crippen molar-refractivity contribution in [1.29, 1.82) is 0 Å². The van der Waals surface area contributed by atoms with Gasteiger partial charge >= 0.3 is 0 Å². The zero-order valence-corrected chi connectivity index (χ0v) is 16.7. The number of carbonyl (C=O) groups is 2. The molecule has 3 aliphatic rings. The van der Waals surface area contributed by atoms with Gasteiger partial charge in [-0.25, -0.2) is 4.39 Å². The van der Waals surface area contributed by atoms with E-state index in [-0.39, 0.29) is 34.5 Å². The average molecular weight is 421 g/mol. The van der Waals surface area contributed by atoms with Gasteiger partial charge in [0, 0.05) is 22.7 Å². The second kappa shape index (κ2) is 6.75. The first-order valence-corrected chi connectivity index (χ1v) is 9.82. The van der Waals surface area contributed by atoms with Crippen molar-refractivity contribution in [1.82, 2.24) is 5.32 Å². The van der Waals surface area contributed by atoms with Crippen molar-refractivity contribution in [2.45, 2.75) is 31.7 Å². The van der Waals surface area contributed by atoms with E-state index in [9.17, 15) is 14.0 Å². The standard InChI is InChI=1S/C21H19Cl2FN2O2/c1-12(18(27)25-15-5-3-14(24)4-6-15)20-9-21(10-20,11-20)26-19(28)13-2-7-16(22)17(23)8-13/h2-8,12H,9-11H2,1H3,(H,25,27)(H,26,28). The van der Waals surface area contributed by atoms with Gasteiger partial charge < -0.3 is 10.6 Å². The topological polar surface area (TPSA) is 58.2 Å². The fraction of sp³-hybridized carbons (Fsp3) is 0.333. The highest BCUT2D eigenvalue weighted by molar-refractivity contribution is 6.42. The van der Waals surface area contributed by atoms with Gasteiger partial charge in [0.05, 0.1) is 10.0 Å². The number of halogens is 3. The van der Waals surface area contributed by atoms with Gasteiger partial charge in [-0.1, -0.05) is 30.1 Å². The van der Waals surface area contributed by atoms with Crippen LogP contribution in [0.4, 0.5) is 10.1 Å². The van der Waals surface area contributed by atoms with Crippen LogP contribution in [-0.4, -0.2) is 17.4 Å². The minimum absolute atomic E-state index is 0.0873. The molecule has 1 atom stereocenters. The monoisotopic (exact) mass is 420 g/mol. The average Bonchev–Trinajstić information content (AvgIpc) is 2.60. The van der Waals surface area contributed by atoms with E-state index >= 15 is 0 Å². The van der Waals surface area contributed by atoms with Crippen LogP contribution in [0, 0.1) is 17.2 Å². The van der Waals surface area contributed by atoms with Gasteiger partial charge in [-0.15, -0.1) is 0 Å². The first-order valence-electron chi connectivity index (χ1n) is 9.06. The van der Waals surface area contributed by atoms with Crippen molar-refractivity contribution < 1.29 is 14.0 Å². The molecule has 0 spiro atoms. The van der Waals surface area contributed by atoms with Crippen LogP contribution in [0.2, 0.25) is 10.0 Å². The Morgan fingerprint density at radius 3 is 2.29 bits per heavy atom. The molecule has 2 aromatic carbocycles. The Labute approximate surface area is 172 Å². The largest absolute Gasteiger partial charge is 0.347 e. The first-order chi connectivity index (χ1) is 13.2. The Morgan fingerprint density at radius 1 is 1.04 bits per heavy atom. The maximum absolute atomic E-state index is 13.0. The molecule has 28 heavy (non-hydrogen) atoms. The zero-order chi connectivity index (χ0) is 20.1. The van der Waals surface area contributed by atoms with Crippen LogP contribution in [0.5, 0.6) is 0 Å². The predicted octanol–water partition coefficient (Wildman–Crippen LogP) is 5.06. The lowest BCUT2D eigenvalue weighted by atomic mass is 9.36. The predicted molar refractivity (Wildman–Crippen MR) is 107 cm³/mol. The summed E-state index contributed by atoms with van der Waals surface area (Å²) in [5.41, 5.74) is 0.714. The third-order valence-electron chi connectivity index (χ3n) is 6.06. The maximum Gasteiger partial charge on any atom is 0.251 e. The summed E-state index contributed by atoms with van der Waals surface area (Å²) in [6.07, 6.45) is 2.31. The number of hydrogen-bond donors (Lipinski definition) is 2. The molecule has 3 saturated carbocycles. The molecule has 3 fully saturated rings. The zero-order valence-electron chi connectivity index (χ0n) is 15.2. The maximum atomic E-state index is 13.0. The van der Waals surface area contributed by atoms with E-state index in [1.165, 1.54) is 12.1 Å². The minimum Gasteiger partial charge on any atom is -0.347 e. The van der Waals surface area contributed by atoms with E-state index in [0.29, 0.717) is 21.3 Å². The van der Waals surface area contributed by atoms with E-state index in [1.807, 2.05) is 6.92 Å². The van der Waals surface area contributed by atoms with E-state index in [4.69, 9.17) is 23.2 Å². The smallest absolute Gasteiger partial charge is 0.251 e. The van der Waals surface area contributed by atoms with Gasteiger partial charge in [-0.2, -0.15) is 0 Å². The Hall–Kier alpha value is -2.11. The summed E-state index contributed by atoms with van der Waals surface area (Å²) in [6, 6.07) is 10.5. The van der Waals surface area contributed by atoms with Gasteiger partial charge in [0.15, 0.2) is 0 Å². The minimum atomic E-state index is -0.342. The van der Waals surface area contributed by atoms with Crippen molar-refractivity contribution >= 4 is 40.7 Å². The lowest BCUT2D eigenvalue weighted by molar-refractivity contribution is -0.184. The van der Waals surface area contributed by atoms with Crippen molar-refractivity contribution in [3.05, 3.63) is 63.9 Å². The summed E-state index contributed by atoms with van der Waals surface area (Å²) >= 11 is 11.9. The molecule has 2 amide bonds. The second-order valence-corrected chi connectivity index (χ2v) is 8.79. The number of amides is 2. The molecular weight excluding hydrogens is 402 g/mol. The van der Waals surface area contributed by atoms with Crippen LogP contribution in [0.15, 0.2) is 42.5 Å². The van der Waals surface area contributed by atoms with Crippen LogP contribution in [-0.2, 0) is 4.79 Å². The molecule has 7 heteroatoms. The molecule has 0 saturated heterocycles. The molecule has 5 rings (SSSR count). The molecule has 2 aromatic rings. The number of benzene rings is 2. The molecule has 1 unspecified atom stereocenters. The molecule has 0 heterocycles. The second-order valence-electron chi connectivity index (χ2n) is 7.97. The summed E-state index contributed by atoms with van der Waals surface area (Å²) in [5.74, 6) is -0.808.